The lowest BCUT2D eigenvalue weighted by Crippen LogP contribution is -2.21. The molecule has 3 aromatic rings. The van der Waals surface area contributed by atoms with Gasteiger partial charge in [-0.2, -0.15) is 0 Å². The van der Waals surface area contributed by atoms with Gasteiger partial charge in [-0.25, -0.2) is 4.39 Å². The molecule has 0 atom stereocenters. The van der Waals surface area contributed by atoms with Crippen LogP contribution >= 0.6 is 11.6 Å². The summed E-state index contributed by atoms with van der Waals surface area (Å²) >= 11 is 5.97. The van der Waals surface area contributed by atoms with Crippen LogP contribution in [0.15, 0.2) is 60.8 Å². The van der Waals surface area contributed by atoms with Gasteiger partial charge in [0.2, 0.25) is 0 Å². The molecule has 0 bridgehead atoms. The van der Waals surface area contributed by atoms with Crippen molar-refractivity contribution in [1.82, 2.24) is 4.98 Å². The highest BCUT2D eigenvalue weighted by molar-refractivity contribution is 6.31. The Morgan fingerprint density at radius 1 is 1.25 bits per heavy atom. The smallest absolute Gasteiger partial charge is 0.141 e. The van der Waals surface area contributed by atoms with E-state index in [0.29, 0.717) is 24.6 Å². The van der Waals surface area contributed by atoms with Gasteiger partial charge in [-0.05, 0) is 54.5 Å². The van der Waals surface area contributed by atoms with Crippen LogP contribution in [0.4, 0.5) is 15.8 Å². The number of aliphatic hydroxyl groups is 1. The molecule has 2 aromatic carbocycles. The average Bonchev–Trinajstić information content (AvgIpc) is 2.72. The molecule has 1 heterocycles. The van der Waals surface area contributed by atoms with Gasteiger partial charge in [0.1, 0.15) is 18.2 Å². The number of halogens is 2. The van der Waals surface area contributed by atoms with E-state index < -0.39 is 5.82 Å². The highest BCUT2D eigenvalue weighted by atomic mass is 35.5. The van der Waals surface area contributed by atoms with E-state index in [1.807, 2.05) is 36.1 Å². The maximum absolute atomic E-state index is 13.6. The summed E-state index contributed by atoms with van der Waals surface area (Å²) in [7, 11) is 0. The maximum atomic E-state index is 13.6. The molecular formula is C22H22ClFN2O2. The first-order chi connectivity index (χ1) is 13.5. The van der Waals surface area contributed by atoms with E-state index in [1.165, 1.54) is 6.07 Å². The van der Waals surface area contributed by atoms with Gasteiger partial charge in [0.05, 0.1) is 22.8 Å². The summed E-state index contributed by atoms with van der Waals surface area (Å²) in [5.41, 5.74) is 3.30. The summed E-state index contributed by atoms with van der Waals surface area (Å²) in [6, 6.07) is 12.0. The van der Waals surface area contributed by atoms with Crippen LogP contribution in [0.2, 0.25) is 5.02 Å². The van der Waals surface area contributed by atoms with Gasteiger partial charge in [-0.15, -0.1) is 0 Å². The molecule has 1 N–H and O–H groups in total. The van der Waals surface area contributed by atoms with Crippen LogP contribution in [0.3, 0.4) is 0 Å². The van der Waals surface area contributed by atoms with Crippen molar-refractivity contribution in [3.63, 3.8) is 0 Å². The van der Waals surface area contributed by atoms with Gasteiger partial charge in [0.25, 0.3) is 0 Å². The molecule has 0 aliphatic rings. The topological polar surface area (TPSA) is 45.6 Å². The zero-order chi connectivity index (χ0) is 20.1. The molecule has 6 heteroatoms. The number of hydrogen-bond donors (Lipinski definition) is 1. The van der Waals surface area contributed by atoms with Crippen molar-refractivity contribution in [2.45, 2.75) is 13.3 Å². The number of aliphatic hydroxyl groups excluding tert-OH is 1. The first kappa shape index (κ1) is 20.1. The minimum Gasteiger partial charge on any atom is -0.489 e. The Kier molecular flexibility index (Phi) is 6.49. The first-order valence-corrected chi connectivity index (χ1v) is 9.43. The molecule has 0 amide bonds. The number of pyridine rings is 1. The van der Waals surface area contributed by atoms with Gasteiger partial charge in [-0.3, -0.25) is 4.98 Å². The number of nitrogens with zero attached hydrogens (tertiary/aromatic N) is 2. The molecule has 3 rings (SSSR count). The van der Waals surface area contributed by atoms with Crippen LogP contribution in [-0.2, 0) is 0 Å². The Morgan fingerprint density at radius 2 is 2.07 bits per heavy atom. The van der Waals surface area contributed by atoms with Crippen molar-refractivity contribution in [3.05, 3.63) is 71.7 Å². The number of rotatable bonds is 8. The predicted octanol–water partition coefficient (Wildman–Crippen LogP) is 5.50. The first-order valence-electron chi connectivity index (χ1n) is 9.05. The molecule has 0 unspecified atom stereocenters. The van der Waals surface area contributed by atoms with E-state index in [0.717, 1.165) is 28.6 Å². The second-order valence-corrected chi connectivity index (χ2v) is 6.78. The largest absolute Gasteiger partial charge is 0.489 e. The van der Waals surface area contributed by atoms with Crippen LogP contribution < -0.4 is 9.64 Å². The third-order valence-corrected chi connectivity index (χ3v) is 4.75. The molecule has 0 saturated heterocycles. The lowest BCUT2D eigenvalue weighted by Gasteiger charge is -2.26. The monoisotopic (exact) mass is 400 g/mol. The Balaban J connectivity index is 2.05. The second kappa shape index (κ2) is 9.04. The molecule has 4 nitrogen and oxygen atoms in total. The minimum atomic E-state index is -0.485. The van der Waals surface area contributed by atoms with Gasteiger partial charge in [0, 0.05) is 23.8 Å². The molecule has 0 saturated carbocycles. The van der Waals surface area contributed by atoms with Gasteiger partial charge < -0.3 is 14.7 Å². The van der Waals surface area contributed by atoms with Gasteiger partial charge >= 0.3 is 0 Å². The average molecular weight is 401 g/mol. The Hall–Kier alpha value is -2.63. The van der Waals surface area contributed by atoms with E-state index in [1.54, 1.807) is 18.3 Å². The van der Waals surface area contributed by atoms with Crippen LogP contribution in [-0.4, -0.2) is 29.8 Å². The van der Waals surface area contributed by atoms with E-state index in [2.05, 4.69) is 11.6 Å². The molecule has 28 heavy (non-hydrogen) atoms. The molecule has 0 fully saturated rings. The zero-order valence-corrected chi connectivity index (χ0v) is 16.4. The van der Waals surface area contributed by atoms with Crippen LogP contribution in [0.1, 0.15) is 13.3 Å². The Bertz CT molecular complexity index is 993. The van der Waals surface area contributed by atoms with Crippen molar-refractivity contribution >= 4 is 33.9 Å². The number of aromatic nitrogens is 1. The van der Waals surface area contributed by atoms with Crippen LogP contribution in [0, 0.1) is 5.82 Å². The van der Waals surface area contributed by atoms with Crippen molar-refractivity contribution in [2.75, 3.05) is 24.7 Å². The molecule has 146 valence electrons. The summed E-state index contributed by atoms with van der Waals surface area (Å²) in [6.45, 7) is 6.69. The third kappa shape index (κ3) is 4.43. The molecular weight excluding hydrogens is 379 g/mol. The maximum Gasteiger partial charge on any atom is 0.141 e. The summed E-state index contributed by atoms with van der Waals surface area (Å²) < 4.78 is 19.4. The lowest BCUT2D eigenvalue weighted by molar-refractivity contribution is 0.306. The fraction of sp³-hybridized carbons (Fsp3) is 0.227. The summed E-state index contributed by atoms with van der Waals surface area (Å²) in [4.78, 5) is 6.29. The van der Waals surface area contributed by atoms with E-state index in [9.17, 15) is 9.50 Å². The number of benzene rings is 2. The highest BCUT2D eigenvalue weighted by Gasteiger charge is 2.15. The number of ether oxygens (including phenoxy) is 1. The molecule has 0 aliphatic heterocycles. The summed E-state index contributed by atoms with van der Waals surface area (Å²) in [5, 5.41) is 10.5. The predicted molar refractivity (Wildman–Crippen MR) is 112 cm³/mol. The van der Waals surface area contributed by atoms with Crippen LogP contribution in [0.5, 0.6) is 5.75 Å². The SMILES string of the molecule is C=C(CC)COc1ccc2nccc(N(CCO)c3ccc(F)c(Cl)c3)c2c1. The van der Waals surface area contributed by atoms with E-state index >= 15 is 0 Å². The third-order valence-electron chi connectivity index (χ3n) is 4.46. The fourth-order valence-electron chi connectivity index (χ4n) is 2.87. The van der Waals surface area contributed by atoms with Crippen molar-refractivity contribution < 1.29 is 14.2 Å². The van der Waals surface area contributed by atoms with Crippen molar-refractivity contribution in [1.29, 1.82) is 0 Å². The van der Waals surface area contributed by atoms with Crippen molar-refractivity contribution in [2.24, 2.45) is 0 Å². The summed E-state index contributed by atoms with van der Waals surface area (Å²) in [6.07, 6.45) is 2.56. The fourth-order valence-corrected chi connectivity index (χ4v) is 3.04. The van der Waals surface area contributed by atoms with Gasteiger partial charge in [0.15, 0.2) is 0 Å². The number of fused-ring (bicyclic) bond motifs is 1. The Labute approximate surface area is 168 Å². The van der Waals surface area contributed by atoms with Crippen molar-refractivity contribution in [3.8, 4) is 5.75 Å². The highest BCUT2D eigenvalue weighted by Crippen LogP contribution is 2.34. The zero-order valence-electron chi connectivity index (χ0n) is 15.7. The van der Waals surface area contributed by atoms with E-state index in [-0.39, 0.29) is 11.6 Å². The molecule has 0 spiro atoms. The normalized spacial score (nSPS) is 10.9. The molecule has 1 aromatic heterocycles. The van der Waals surface area contributed by atoms with Gasteiger partial charge in [-0.1, -0.05) is 25.1 Å². The summed E-state index contributed by atoms with van der Waals surface area (Å²) in [5.74, 6) is 0.221. The minimum absolute atomic E-state index is 0.0286. The lowest BCUT2D eigenvalue weighted by atomic mass is 10.1. The second-order valence-electron chi connectivity index (χ2n) is 6.37. The quantitative estimate of drug-likeness (QED) is 0.507. The van der Waals surface area contributed by atoms with E-state index in [4.69, 9.17) is 16.3 Å². The molecule has 0 aliphatic carbocycles. The Morgan fingerprint density at radius 3 is 2.79 bits per heavy atom. The molecule has 0 radical (unpaired) electrons. The number of anilines is 2. The number of hydrogen-bond acceptors (Lipinski definition) is 4. The standard InChI is InChI=1S/C22H22ClFN2O2/c1-3-15(2)14-28-17-5-7-21-18(13-17)22(8-9-25-21)26(10-11-27)16-4-6-20(24)19(23)12-16/h4-9,12-13,27H,2-3,10-11,14H2,1H3. The van der Waals surface area contributed by atoms with Crippen LogP contribution in [0.25, 0.3) is 10.9 Å².